The van der Waals surface area contributed by atoms with Crippen LogP contribution in [0.4, 0.5) is 0 Å². The lowest BCUT2D eigenvalue weighted by atomic mass is 10.4. The number of esters is 1. The fourth-order valence-corrected chi connectivity index (χ4v) is 0.218. The molecule has 14 heavy (non-hydrogen) atoms. The third-order valence-corrected chi connectivity index (χ3v) is 0.894. The van der Waals surface area contributed by atoms with Crippen LogP contribution in [0.25, 0.3) is 0 Å². The summed E-state index contributed by atoms with van der Waals surface area (Å²) in [5.41, 5.74) is 5.20. The minimum absolute atomic E-state index is 0.176. The SMILES string of the molecule is C=C(C)C(=O)O.C=CC(=O)OCCN. The summed E-state index contributed by atoms with van der Waals surface area (Å²) in [7, 11) is 0. The molecule has 0 aliphatic carbocycles. The van der Waals surface area contributed by atoms with Gasteiger partial charge >= 0.3 is 11.9 Å². The van der Waals surface area contributed by atoms with Gasteiger partial charge in [0.2, 0.25) is 0 Å². The third-order valence-electron chi connectivity index (χ3n) is 0.894. The van der Waals surface area contributed by atoms with Crippen LogP contribution in [0, 0.1) is 0 Å². The van der Waals surface area contributed by atoms with Gasteiger partial charge in [-0.3, -0.25) is 0 Å². The van der Waals surface area contributed by atoms with Crippen molar-refractivity contribution >= 4 is 11.9 Å². The number of carboxylic acid groups (broad SMARTS) is 1. The molecule has 0 aromatic rings. The maximum atomic E-state index is 10.2. The fraction of sp³-hybridized carbons (Fsp3) is 0.333. The molecule has 0 atom stereocenters. The van der Waals surface area contributed by atoms with Gasteiger partial charge in [0.05, 0.1) is 0 Å². The van der Waals surface area contributed by atoms with E-state index in [0.717, 1.165) is 6.08 Å². The number of hydrogen-bond acceptors (Lipinski definition) is 4. The molecule has 0 aromatic heterocycles. The molecule has 0 fully saturated rings. The Morgan fingerprint density at radius 1 is 1.57 bits per heavy atom. The zero-order valence-electron chi connectivity index (χ0n) is 8.16. The minimum Gasteiger partial charge on any atom is -0.478 e. The number of carbonyl (C=O) groups is 2. The van der Waals surface area contributed by atoms with Crippen LogP contribution >= 0.6 is 0 Å². The number of hydrogen-bond donors (Lipinski definition) is 2. The molecule has 0 unspecified atom stereocenters. The van der Waals surface area contributed by atoms with E-state index < -0.39 is 11.9 Å². The molecular formula is C9H15NO4. The summed E-state index contributed by atoms with van der Waals surface area (Å²) >= 11 is 0. The number of carboxylic acids is 1. The highest BCUT2D eigenvalue weighted by molar-refractivity contribution is 5.84. The topological polar surface area (TPSA) is 89.6 Å². The van der Waals surface area contributed by atoms with Crippen LogP contribution < -0.4 is 5.73 Å². The summed E-state index contributed by atoms with van der Waals surface area (Å²) in [4.78, 5) is 19.8. The number of carbonyl (C=O) groups excluding carboxylic acids is 1. The monoisotopic (exact) mass is 201 g/mol. The summed E-state index contributed by atoms with van der Waals surface area (Å²) in [6, 6.07) is 0. The lowest BCUT2D eigenvalue weighted by Crippen LogP contribution is -2.11. The third kappa shape index (κ3) is 13.0. The zero-order valence-corrected chi connectivity index (χ0v) is 8.16. The van der Waals surface area contributed by atoms with Crippen molar-refractivity contribution in [2.75, 3.05) is 13.2 Å². The smallest absolute Gasteiger partial charge is 0.330 e. The molecule has 3 N–H and O–H groups in total. The Labute approximate surface area is 82.9 Å². The number of ether oxygens (including phenoxy) is 1. The van der Waals surface area contributed by atoms with Crippen molar-refractivity contribution in [1.82, 2.24) is 0 Å². The van der Waals surface area contributed by atoms with Gasteiger partial charge in [-0.05, 0) is 6.92 Å². The van der Waals surface area contributed by atoms with Crippen molar-refractivity contribution in [2.24, 2.45) is 5.73 Å². The Kier molecular flexibility index (Phi) is 10.1. The van der Waals surface area contributed by atoms with Gasteiger partial charge in [-0.25, -0.2) is 9.59 Å². The summed E-state index contributed by atoms with van der Waals surface area (Å²) in [5, 5.41) is 7.89. The molecule has 0 amide bonds. The van der Waals surface area contributed by atoms with E-state index in [4.69, 9.17) is 10.8 Å². The normalized spacial score (nSPS) is 7.86. The van der Waals surface area contributed by atoms with Gasteiger partial charge in [-0.15, -0.1) is 0 Å². The largest absolute Gasteiger partial charge is 0.478 e. The molecule has 0 saturated heterocycles. The van der Waals surface area contributed by atoms with Gasteiger partial charge in [-0.2, -0.15) is 0 Å². The maximum absolute atomic E-state index is 10.2. The van der Waals surface area contributed by atoms with Crippen LogP contribution in [0.3, 0.4) is 0 Å². The van der Waals surface area contributed by atoms with Crippen molar-refractivity contribution < 1.29 is 19.4 Å². The van der Waals surface area contributed by atoms with E-state index in [0.29, 0.717) is 6.54 Å². The molecule has 0 bridgehead atoms. The molecule has 5 nitrogen and oxygen atoms in total. The molecule has 0 heterocycles. The first-order valence-corrected chi connectivity index (χ1v) is 3.83. The van der Waals surface area contributed by atoms with Gasteiger partial charge in [0.15, 0.2) is 0 Å². The Morgan fingerprint density at radius 3 is 2.21 bits per heavy atom. The van der Waals surface area contributed by atoms with Crippen LogP contribution in [0.2, 0.25) is 0 Å². The Hall–Kier alpha value is -1.62. The first kappa shape index (κ1) is 14.9. The fourth-order valence-electron chi connectivity index (χ4n) is 0.218. The van der Waals surface area contributed by atoms with Crippen LogP contribution in [-0.2, 0) is 14.3 Å². The number of nitrogens with two attached hydrogens (primary N) is 1. The highest BCUT2D eigenvalue weighted by Gasteiger charge is 1.90. The van der Waals surface area contributed by atoms with Crippen LogP contribution in [-0.4, -0.2) is 30.2 Å². The molecule has 5 heteroatoms. The molecule has 0 saturated carbocycles. The van der Waals surface area contributed by atoms with Crippen molar-refractivity contribution in [3.8, 4) is 0 Å². The lowest BCUT2D eigenvalue weighted by molar-refractivity contribution is -0.137. The van der Waals surface area contributed by atoms with E-state index in [1.165, 1.54) is 6.92 Å². The average Bonchev–Trinajstić information content (AvgIpc) is 2.14. The molecule has 0 aromatic carbocycles. The molecule has 0 aliphatic rings. The summed E-state index contributed by atoms with van der Waals surface area (Å²) in [5.74, 6) is -1.36. The lowest BCUT2D eigenvalue weighted by Gasteiger charge is -1.94. The molecule has 0 aliphatic heterocycles. The summed E-state index contributed by atoms with van der Waals surface area (Å²) < 4.78 is 4.46. The molecule has 0 rings (SSSR count). The predicted octanol–water partition coefficient (Wildman–Crippen LogP) is 0.321. The van der Waals surface area contributed by atoms with E-state index in [2.05, 4.69) is 17.9 Å². The van der Waals surface area contributed by atoms with Crippen molar-refractivity contribution in [3.05, 3.63) is 24.8 Å². The van der Waals surface area contributed by atoms with E-state index in [-0.39, 0.29) is 12.2 Å². The maximum Gasteiger partial charge on any atom is 0.330 e. The van der Waals surface area contributed by atoms with Gasteiger partial charge in [0.25, 0.3) is 0 Å². The second-order valence-electron chi connectivity index (χ2n) is 2.25. The minimum atomic E-state index is -0.935. The molecule has 80 valence electrons. The van der Waals surface area contributed by atoms with Gasteiger partial charge in [0.1, 0.15) is 6.61 Å². The molecule has 0 radical (unpaired) electrons. The van der Waals surface area contributed by atoms with E-state index >= 15 is 0 Å². The highest BCUT2D eigenvalue weighted by atomic mass is 16.5. The van der Waals surface area contributed by atoms with Crippen LogP contribution in [0.5, 0.6) is 0 Å². The first-order chi connectivity index (χ1) is 6.45. The Morgan fingerprint density at radius 2 is 2.00 bits per heavy atom. The van der Waals surface area contributed by atoms with Crippen molar-refractivity contribution in [2.45, 2.75) is 6.92 Å². The highest BCUT2D eigenvalue weighted by Crippen LogP contribution is 1.81. The first-order valence-electron chi connectivity index (χ1n) is 3.83. The predicted molar refractivity (Wildman–Crippen MR) is 52.7 cm³/mol. The van der Waals surface area contributed by atoms with Gasteiger partial charge in [0, 0.05) is 18.2 Å². The number of aliphatic carboxylic acids is 1. The second-order valence-corrected chi connectivity index (χ2v) is 2.25. The van der Waals surface area contributed by atoms with Gasteiger partial charge in [-0.1, -0.05) is 13.2 Å². The zero-order chi connectivity index (χ0) is 11.6. The summed E-state index contributed by atoms with van der Waals surface area (Å²) in [6.45, 7) is 8.43. The summed E-state index contributed by atoms with van der Waals surface area (Å²) in [6.07, 6.45) is 1.11. The number of rotatable bonds is 4. The van der Waals surface area contributed by atoms with Gasteiger partial charge < -0.3 is 15.6 Å². The van der Waals surface area contributed by atoms with Crippen molar-refractivity contribution in [1.29, 1.82) is 0 Å². The average molecular weight is 201 g/mol. The van der Waals surface area contributed by atoms with Crippen molar-refractivity contribution in [3.63, 3.8) is 0 Å². The van der Waals surface area contributed by atoms with Crippen LogP contribution in [0.15, 0.2) is 24.8 Å². The van der Waals surface area contributed by atoms with E-state index in [9.17, 15) is 9.59 Å². The molecular weight excluding hydrogens is 186 g/mol. The van der Waals surface area contributed by atoms with Crippen LogP contribution in [0.1, 0.15) is 6.92 Å². The Balaban J connectivity index is 0. The molecule has 0 spiro atoms. The van der Waals surface area contributed by atoms with E-state index in [1.54, 1.807) is 0 Å². The standard InChI is InChI=1S/C5H9NO2.C4H6O2/c1-2-5(7)8-4-3-6;1-3(2)4(5)6/h2H,1,3-4,6H2;1H2,2H3,(H,5,6). The quantitative estimate of drug-likeness (QED) is 0.505. The van der Waals surface area contributed by atoms with E-state index in [1.807, 2.05) is 0 Å². The Bertz CT molecular complexity index is 211. The second kappa shape index (κ2) is 9.47.